The number of ether oxygens (including phenoxy) is 5. The first-order chi connectivity index (χ1) is 14.5. The SMILES string of the molecule is COc1ccccc1NC(=O)[C@H](OC(C)=O)[C@H](OC(C)=O)[C@@H](COC(C)=O)OC(C)=O. The number of carbonyl (C=O) groups is 5. The summed E-state index contributed by atoms with van der Waals surface area (Å²) < 4.78 is 25.3. The van der Waals surface area contributed by atoms with Crippen LogP contribution in [0.15, 0.2) is 24.3 Å². The topological polar surface area (TPSA) is 144 Å². The number of hydrogen-bond acceptors (Lipinski definition) is 10. The van der Waals surface area contributed by atoms with Crippen LogP contribution in [0.5, 0.6) is 5.75 Å². The molecule has 0 saturated heterocycles. The Morgan fingerprint density at radius 2 is 1.42 bits per heavy atom. The summed E-state index contributed by atoms with van der Waals surface area (Å²) in [6, 6.07) is 6.42. The van der Waals surface area contributed by atoms with Crippen molar-refractivity contribution >= 4 is 35.5 Å². The van der Waals surface area contributed by atoms with Crippen LogP contribution in [0.25, 0.3) is 0 Å². The maximum absolute atomic E-state index is 13.0. The number of amides is 1. The molecule has 1 rings (SSSR count). The average molecular weight is 439 g/mol. The first-order valence-corrected chi connectivity index (χ1v) is 9.14. The van der Waals surface area contributed by atoms with E-state index in [4.69, 9.17) is 23.7 Å². The van der Waals surface area contributed by atoms with E-state index in [1.807, 2.05) is 0 Å². The van der Waals surface area contributed by atoms with Gasteiger partial charge in [-0.25, -0.2) is 0 Å². The second-order valence-electron chi connectivity index (χ2n) is 6.24. The van der Waals surface area contributed by atoms with Crippen molar-refractivity contribution in [3.8, 4) is 5.75 Å². The lowest BCUT2D eigenvalue weighted by molar-refractivity contribution is -0.190. The van der Waals surface area contributed by atoms with Crippen molar-refractivity contribution in [2.24, 2.45) is 0 Å². The number of rotatable bonds is 10. The van der Waals surface area contributed by atoms with E-state index in [2.05, 4.69) is 5.32 Å². The standard InChI is InChI=1S/C20H25NO10/c1-11(22)28-10-17(29-12(2)23)18(30-13(3)24)19(31-14(4)25)20(26)21-15-8-6-7-9-16(15)27-5/h6-9,17-19H,10H2,1-5H3,(H,21,26)/t17-,18-,19-/m1/s1. The van der Waals surface area contributed by atoms with Gasteiger partial charge >= 0.3 is 23.9 Å². The maximum Gasteiger partial charge on any atom is 0.303 e. The first kappa shape index (κ1) is 25.4. The van der Waals surface area contributed by atoms with Crippen LogP contribution in [0.3, 0.4) is 0 Å². The van der Waals surface area contributed by atoms with Gasteiger partial charge in [-0.1, -0.05) is 12.1 Å². The number of para-hydroxylation sites is 2. The summed E-state index contributed by atoms with van der Waals surface area (Å²) in [5.74, 6) is -3.82. The van der Waals surface area contributed by atoms with E-state index in [9.17, 15) is 24.0 Å². The second-order valence-corrected chi connectivity index (χ2v) is 6.24. The van der Waals surface area contributed by atoms with Crippen molar-refractivity contribution in [1.82, 2.24) is 0 Å². The van der Waals surface area contributed by atoms with Gasteiger partial charge in [-0.2, -0.15) is 0 Å². The van der Waals surface area contributed by atoms with Gasteiger partial charge in [-0.05, 0) is 12.1 Å². The van der Waals surface area contributed by atoms with Crippen LogP contribution in [0.4, 0.5) is 5.69 Å². The highest BCUT2D eigenvalue weighted by molar-refractivity contribution is 5.97. The van der Waals surface area contributed by atoms with Gasteiger partial charge in [0, 0.05) is 27.7 Å². The van der Waals surface area contributed by atoms with E-state index >= 15 is 0 Å². The molecule has 0 radical (unpaired) electrons. The number of hydrogen-bond donors (Lipinski definition) is 1. The molecule has 0 aliphatic heterocycles. The lowest BCUT2D eigenvalue weighted by Gasteiger charge is -2.31. The Bertz CT molecular complexity index is 822. The summed E-state index contributed by atoms with van der Waals surface area (Å²) in [5, 5.41) is 2.51. The molecular weight excluding hydrogens is 414 g/mol. The van der Waals surface area contributed by atoms with Crippen LogP contribution < -0.4 is 10.1 Å². The molecule has 0 bridgehead atoms. The lowest BCUT2D eigenvalue weighted by Crippen LogP contribution is -2.52. The molecule has 0 heterocycles. The summed E-state index contributed by atoms with van der Waals surface area (Å²) in [6.07, 6.45) is -4.79. The second kappa shape index (κ2) is 12.2. The number of anilines is 1. The summed E-state index contributed by atoms with van der Waals surface area (Å²) in [4.78, 5) is 59.1. The molecule has 1 aromatic rings. The zero-order valence-electron chi connectivity index (χ0n) is 17.8. The molecule has 11 heteroatoms. The molecule has 170 valence electrons. The number of benzene rings is 1. The predicted octanol–water partition coefficient (Wildman–Crippen LogP) is 0.992. The van der Waals surface area contributed by atoms with E-state index < -0.39 is 54.7 Å². The zero-order valence-corrected chi connectivity index (χ0v) is 17.8. The fraction of sp³-hybridized carbons (Fsp3) is 0.450. The van der Waals surface area contributed by atoms with Crippen LogP contribution in [-0.4, -0.2) is 61.8 Å². The maximum atomic E-state index is 13.0. The molecule has 0 unspecified atom stereocenters. The molecule has 31 heavy (non-hydrogen) atoms. The van der Waals surface area contributed by atoms with Gasteiger partial charge in [-0.15, -0.1) is 0 Å². The van der Waals surface area contributed by atoms with Crippen molar-refractivity contribution in [2.75, 3.05) is 19.0 Å². The van der Waals surface area contributed by atoms with Crippen LogP contribution >= 0.6 is 0 Å². The zero-order chi connectivity index (χ0) is 23.6. The molecule has 0 aliphatic rings. The lowest BCUT2D eigenvalue weighted by atomic mass is 10.1. The Labute approximate surface area is 178 Å². The highest BCUT2D eigenvalue weighted by Gasteiger charge is 2.42. The van der Waals surface area contributed by atoms with Gasteiger partial charge < -0.3 is 29.0 Å². The average Bonchev–Trinajstić information content (AvgIpc) is 2.67. The van der Waals surface area contributed by atoms with Crippen molar-refractivity contribution in [1.29, 1.82) is 0 Å². The molecule has 0 aromatic heterocycles. The van der Waals surface area contributed by atoms with Crippen molar-refractivity contribution in [3.63, 3.8) is 0 Å². The number of carbonyl (C=O) groups excluding carboxylic acids is 5. The molecule has 1 N–H and O–H groups in total. The van der Waals surface area contributed by atoms with Gasteiger partial charge in [0.1, 0.15) is 12.4 Å². The van der Waals surface area contributed by atoms with Gasteiger partial charge in [0.15, 0.2) is 12.2 Å². The largest absolute Gasteiger partial charge is 0.495 e. The fourth-order valence-electron chi connectivity index (χ4n) is 2.53. The Kier molecular flexibility index (Phi) is 9.96. The summed E-state index contributed by atoms with van der Waals surface area (Å²) in [6.45, 7) is 3.73. The van der Waals surface area contributed by atoms with Crippen LogP contribution in [-0.2, 0) is 42.9 Å². The smallest absolute Gasteiger partial charge is 0.303 e. The third-order valence-electron chi connectivity index (χ3n) is 3.65. The molecular formula is C20H25NO10. The van der Waals surface area contributed by atoms with Crippen LogP contribution in [0, 0.1) is 0 Å². The summed E-state index contributed by atoms with van der Waals surface area (Å²) in [7, 11) is 1.39. The van der Waals surface area contributed by atoms with E-state index in [1.54, 1.807) is 18.2 Å². The molecule has 0 aliphatic carbocycles. The number of nitrogens with one attached hydrogen (secondary N) is 1. The van der Waals surface area contributed by atoms with Gasteiger partial charge in [0.05, 0.1) is 12.8 Å². The van der Waals surface area contributed by atoms with E-state index in [0.717, 1.165) is 27.7 Å². The fourth-order valence-corrected chi connectivity index (χ4v) is 2.53. The number of methoxy groups -OCH3 is 1. The first-order valence-electron chi connectivity index (χ1n) is 9.14. The van der Waals surface area contributed by atoms with Crippen molar-refractivity contribution in [3.05, 3.63) is 24.3 Å². The number of esters is 4. The molecule has 0 fully saturated rings. The molecule has 0 spiro atoms. The normalized spacial score (nSPS) is 13.1. The molecule has 0 saturated carbocycles. The molecule has 1 amide bonds. The predicted molar refractivity (Wildman–Crippen MR) is 105 cm³/mol. The minimum absolute atomic E-state index is 0.248. The van der Waals surface area contributed by atoms with Crippen molar-refractivity contribution in [2.45, 2.75) is 46.0 Å². The van der Waals surface area contributed by atoms with E-state index in [1.165, 1.54) is 13.2 Å². The van der Waals surface area contributed by atoms with E-state index in [0.29, 0.717) is 5.75 Å². The monoisotopic (exact) mass is 439 g/mol. The Balaban J connectivity index is 3.33. The molecule has 3 atom stereocenters. The highest BCUT2D eigenvalue weighted by atomic mass is 16.6. The Morgan fingerprint density at radius 1 is 0.839 bits per heavy atom. The third-order valence-corrected chi connectivity index (χ3v) is 3.65. The van der Waals surface area contributed by atoms with E-state index in [-0.39, 0.29) is 5.69 Å². The third kappa shape index (κ3) is 8.72. The quantitative estimate of drug-likeness (QED) is 0.414. The van der Waals surface area contributed by atoms with Crippen LogP contribution in [0.2, 0.25) is 0 Å². The molecule has 1 aromatic carbocycles. The van der Waals surface area contributed by atoms with Gasteiger partial charge in [0.25, 0.3) is 5.91 Å². The summed E-state index contributed by atoms with van der Waals surface area (Å²) in [5.41, 5.74) is 0.248. The van der Waals surface area contributed by atoms with Gasteiger partial charge in [-0.3, -0.25) is 24.0 Å². The Hall–Kier alpha value is -3.63. The molecule has 11 nitrogen and oxygen atoms in total. The highest BCUT2D eigenvalue weighted by Crippen LogP contribution is 2.24. The van der Waals surface area contributed by atoms with Crippen LogP contribution in [0.1, 0.15) is 27.7 Å². The minimum Gasteiger partial charge on any atom is -0.495 e. The summed E-state index contributed by atoms with van der Waals surface area (Å²) >= 11 is 0. The van der Waals surface area contributed by atoms with Crippen molar-refractivity contribution < 1.29 is 47.7 Å². The minimum atomic E-state index is -1.74. The Morgan fingerprint density at radius 3 is 1.94 bits per heavy atom. The van der Waals surface area contributed by atoms with Gasteiger partial charge in [0.2, 0.25) is 6.10 Å².